The van der Waals surface area contributed by atoms with Gasteiger partial charge in [0.2, 0.25) is 0 Å². The summed E-state index contributed by atoms with van der Waals surface area (Å²) in [6.45, 7) is 8.66. The van der Waals surface area contributed by atoms with E-state index in [1.165, 1.54) is 0 Å². The lowest BCUT2D eigenvalue weighted by atomic mass is 10.4. The maximum Gasteiger partial charge on any atom is 0.133 e. The molecular formula is C13H24N4O. The van der Waals surface area contributed by atoms with Gasteiger partial charge >= 0.3 is 0 Å². The van der Waals surface area contributed by atoms with Gasteiger partial charge in [0.1, 0.15) is 18.0 Å². The Morgan fingerprint density at radius 1 is 1.39 bits per heavy atom. The molecule has 102 valence electrons. The van der Waals surface area contributed by atoms with E-state index in [4.69, 9.17) is 4.74 Å². The lowest BCUT2D eigenvalue weighted by Gasteiger charge is -2.19. The summed E-state index contributed by atoms with van der Waals surface area (Å²) in [5, 5.41) is 3.25. The highest BCUT2D eigenvalue weighted by Crippen LogP contribution is 2.12. The van der Waals surface area contributed by atoms with E-state index in [-0.39, 0.29) is 6.10 Å². The maximum absolute atomic E-state index is 5.53. The molecule has 1 aromatic heterocycles. The molecular weight excluding hydrogens is 228 g/mol. The van der Waals surface area contributed by atoms with E-state index in [0.29, 0.717) is 6.61 Å². The lowest BCUT2D eigenvalue weighted by Crippen LogP contribution is -2.25. The first-order chi connectivity index (χ1) is 8.63. The number of likely N-dealkylation sites (N-methyl/N-ethyl adjacent to an activating group) is 1. The molecule has 5 nitrogen and oxygen atoms in total. The van der Waals surface area contributed by atoms with Crippen molar-refractivity contribution in [3.63, 3.8) is 0 Å². The van der Waals surface area contributed by atoms with Crippen LogP contribution in [0.4, 0.5) is 11.6 Å². The van der Waals surface area contributed by atoms with Gasteiger partial charge in [-0.3, -0.25) is 0 Å². The molecule has 0 saturated heterocycles. The van der Waals surface area contributed by atoms with Gasteiger partial charge in [-0.15, -0.1) is 0 Å². The molecule has 0 aliphatic heterocycles. The van der Waals surface area contributed by atoms with Crippen LogP contribution in [0.2, 0.25) is 0 Å². The first-order valence-electron chi connectivity index (χ1n) is 6.52. The summed E-state index contributed by atoms with van der Waals surface area (Å²) < 4.78 is 5.53. The van der Waals surface area contributed by atoms with E-state index in [1.54, 1.807) is 6.33 Å². The normalized spacial score (nSPS) is 10.7. The largest absolute Gasteiger partial charge is 0.377 e. The minimum atomic E-state index is 0.269. The van der Waals surface area contributed by atoms with Crippen molar-refractivity contribution >= 4 is 11.6 Å². The minimum absolute atomic E-state index is 0.269. The summed E-state index contributed by atoms with van der Waals surface area (Å²) in [5.41, 5.74) is 0. The average Bonchev–Trinajstić information content (AvgIpc) is 2.36. The van der Waals surface area contributed by atoms with E-state index in [9.17, 15) is 0 Å². The van der Waals surface area contributed by atoms with E-state index in [1.807, 2.05) is 27.0 Å². The van der Waals surface area contributed by atoms with Gasteiger partial charge in [0.05, 0.1) is 12.7 Å². The van der Waals surface area contributed by atoms with Crippen LogP contribution in [-0.4, -0.2) is 42.8 Å². The Hall–Kier alpha value is -1.36. The third kappa shape index (κ3) is 5.31. The molecule has 0 fully saturated rings. The Bertz CT molecular complexity index is 344. The standard InChI is InChI=1S/C13H24N4O/c1-5-6-14-12-9-13(16-10-15-12)17(4)7-8-18-11(2)3/h9-11H,5-8H2,1-4H3,(H,14,15,16). The van der Waals surface area contributed by atoms with Crippen LogP contribution in [0.15, 0.2) is 12.4 Å². The molecule has 0 atom stereocenters. The zero-order valence-corrected chi connectivity index (χ0v) is 11.8. The van der Waals surface area contributed by atoms with Crippen molar-refractivity contribution in [2.24, 2.45) is 0 Å². The number of nitrogens with one attached hydrogen (secondary N) is 1. The smallest absolute Gasteiger partial charge is 0.133 e. The summed E-state index contributed by atoms with van der Waals surface area (Å²) in [6.07, 6.45) is 2.94. The van der Waals surface area contributed by atoms with Crippen LogP contribution in [0.5, 0.6) is 0 Å². The van der Waals surface area contributed by atoms with Gasteiger partial charge in [-0.2, -0.15) is 0 Å². The first kappa shape index (κ1) is 14.7. The summed E-state index contributed by atoms with van der Waals surface area (Å²) in [6, 6.07) is 1.96. The number of anilines is 2. The first-order valence-corrected chi connectivity index (χ1v) is 6.52. The number of aromatic nitrogens is 2. The van der Waals surface area contributed by atoms with Gasteiger partial charge in [-0.05, 0) is 20.3 Å². The lowest BCUT2D eigenvalue weighted by molar-refractivity contribution is 0.0845. The molecule has 0 unspecified atom stereocenters. The number of hydrogen-bond donors (Lipinski definition) is 1. The zero-order valence-electron chi connectivity index (χ0n) is 11.8. The van der Waals surface area contributed by atoms with Crippen LogP contribution in [0, 0.1) is 0 Å². The molecule has 5 heteroatoms. The minimum Gasteiger partial charge on any atom is -0.377 e. The SMILES string of the molecule is CCCNc1cc(N(C)CCOC(C)C)ncn1. The van der Waals surface area contributed by atoms with Crippen molar-refractivity contribution in [1.29, 1.82) is 0 Å². The molecule has 1 heterocycles. The molecule has 0 saturated carbocycles. The van der Waals surface area contributed by atoms with Crippen molar-refractivity contribution in [2.75, 3.05) is 37.0 Å². The Kier molecular flexibility index (Phi) is 6.43. The summed E-state index contributed by atoms with van der Waals surface area (Å²) >= 11 is 0. The van der Waals surface area contributed by atoms with Gasteiger partial charge in [-0.25, -0.2) is 9.97 Å². The Labute approximate surface area is 110 Å². The van der Waals surface area contributed by atoms with Crippen LogP contribution in [0.3, 0.4) is 0 Å². The number of ether oxygens (including phenoxy) is 1. The predicted octanol–water partition coefficient (Wildman–Crippen LogP) is 2.16. The molecule has 0 spiro atoms. The highest BCUT2D eigenvalue weighted by Gasteiger charge is 2.04. The predicted molar refractivity (Wildman–Crippen MR) is 75.2 cm³/mol. The molecule has 1 rings (SSSR count). The van der Waals surface area contributed by atoms with Crippen molar-refractivity contribution in [3.8, 4) is 0 Å². The van der Waals surface area contributed by atoms with Gasteiger partial charge in [0, 0.05) is 26.2 Å². The van der Waals surface area contributed by atoms with Gasteiger partial charge in [-0.1, -0.05) is 6.92 Å². The van der Waals surface area contributed by atoms with Crippen LogP contribution >= 0.6 is 0 Å². The summed E-state index contributed by atoms with van der Waals surface area (Å²) in [5.74, 6) is 1.79. The molecule has 0 radical (unpaired) electrons. The van der Waals surface area contributed by atoms with E-state index >= 15 is 0 Å². The molecule has 0 amide bonds. The van der Waals surface area contributed by atoms with Crippen molar-refractivity contribution in [3.05, 3.63) is 12.4 Å². The molecule has 0 aliphatic carbocycles. The van der Waals surface area contributed by atoms with Crippen LogP contribution < -0.4 is 10.2 Å². The third-order valence-corrected chi connectivity index (χ3v) is 2.48. The highest BCUT2D eigenvalue weighted by molar-refractivity contribution is 5.47. The Morgan fingerprint density at radius 3 is 2.83 bits per heavy atom. The van der Waals surface area contributed by atoms with Crippen molar-refractivity contribution in [2.45, 2.75) is 33.3 Å². The van der Waals surface area contributed by atoms with Crippen molar-refractivity contribution < 1.29 is 4.74 Å². The van der Waals surface area contributed by atoms with Crippen molar-refractivity contribution in [1.82, 2.24) is 9.97 Å². The number of nitrogens with zero attached hydrogens (tertiary/aromatic N) is 3. The number of hydrogen-bond acceptors (Lipinski definition) is 5. The molecule has 0 bridgehead atoms. The fourth-order valence-corrected chi connectivity index (χ4v) is 1.45. The topological polar surface area (TPSA) is 50.3 Å². The third-order valence-electron chi connectivity index (χ3n) is 2.48. The maximum atomic E-state index is 5.53. The van der Waals surface area contributed by atoms with E-state index in [0.717, 1.165) is 31.1 Å². The molecule has 18 heavy (non-hydrogen) atoms. The monoisotopic (exact) mass is 252 g/mol. The second-order valence-electron chi connectivity index (χ2n) is 4.53. The second kappa shape index (κ2) is 7.87. The average molecular weight is 252 g/mol. The molecule has 0 aliphatic rings. The summed E-state index contributed by atoms with van der Waals surface area (Å²) in [7, 11) is 2.01. The van der Waals surface area contributed by atoms with Crippen LogP contribution in [0.1, 0.15) is 27.2 Å². The summed E-state index contributed by atoms with van der Waals surface area (Å²) in [4.78, 5) is 10.5. The Balaban J connectivity index is 2.48. The molecule has 0 aromatic carbocycles. The Morgan fingerprint density at radius 2 is 2.17 bits per heavy atom. The van der Waals surface area contributed by atoms with Gasteiger partial charge in [0.25, 0.3) is 0 Å². The van der Waals surface area contributed by atoms with Gasteiger partial charge in [0.15, 0.2) is 0 Å². The highest BCUT2D eigenvalue weighted by atomic mass is 16.5. The zero-order chi connectivity index (χ0) is 13.4. The fourth-order valence-electron chi connectivity index (χ4n) is 1.45. The van der Waals surface area contributed by atoms with E-state index in [2.05, 4.69) is 27.1 Å². The fraction of sp³-hybridized carbons (Fsp3) is 0.692. The molecule has 1 N–H and O–H groups in total. The van der Waals surface area contributed by atoms with Crippen LogP contribution in [0.25, 0.3) is 0 Å². The quantitative estimate of drug-likeness (QED) is 0.768. The van der Waals surface area contributed by atoms with E-state index < -0.39 is 0 Å². The second-order valence-corrected chi connectivity index (χ2v) is 4.53. The van der Waals surface area contributed by atoms with Gasteiger partial charge < -0.3 is 15.0 Å². The van der Waals surface area contributed by atoms with Crippen LogP contribution in [-0.2, 0) is 4.74 Å². The number of rotatable bonds is 8. The molecule has 1 aromatic rings.